The van der Waals surface area contributed by atoms with Gasteiger partial charge in [-0.3, -0.25) is 9.10 Å². The molecule has 174 valence electrons. The minimum Gasteiger partial charge on any atom is -0.492 e. The largest absolute Gasteiger partial charge is 0.492 e. The number of hydrogen-bond acceptors (Lipinski definition) is 5. The van der Waals surface area contributed by atoms with Gasteiger partial charge in [-0.15, -0.1) is 0 Å². The van der Waals surface area contributed by atoms with Crippen LogP contribution in [-0.2, 0) is 16.6 Å². The molecule has 0 saturated heterocycles. The van der Waals surface area contributed by atoms with Crippen molar-refractivity contribution in [1.29, 1.82) is 0 Å². The predicted molar refractivity (Wildman–Crippen MR) is 131 cm³/mol. The summed E-state index contributed by atoms with van der Waals surface area (Å²) in [6.07, 6.45) is 5.28. The number of nitrogens with one attached hydrogen (secondary N) is 1. The standard InChI is InChI=1S/C25H24N4O4S/c1-28(22-7-3-2-4-8-22)34(31,32)24-12-10-20(11-13-24)25(30)27-21-6-5-9-23(18-21)33-17-16-29-15-14-26-19-29/h2-15,18-19H,16-17H2,1H3,(H,27,30). The first kappa shape index (κ1) is 23.1. The Labute approximate surface area is 198 Å². The van der Waals surface area contributed by atoms with Gasteiger partial charge in [0.2, 0.25) is 0 Å². The second kappa shape index (κ2) is 10.2. The lowest BCUT2D eigenvalue weighted by Crippen LogP contribution is -2.26. The van der Waals surface area contributed by atoms with E-state index in [-0.39, 0.29) is 10.8 Å². The van der Waals surface area contributed by atoms with Crippen molar-refractivity contribution < 1.29 is 17.9 Å². The highest BCUT2D eigenvalue weighted by Crippen LogP contribution is 2.23. The van der Waals surface area contributed by atoms with Crippen LogP contribution < -0.4 is 14.4 Å². The van der Waals surface area contributed by atoms with Gasteiger partial charge in [-0.05, 0) is 48.5 Å². The fraction of sp³-hybridized carbons (Fsp3) is 0.120. The lowest BCUT2D eigenvalue weighted by Gasteiger charge is -2.19. The average Bonchev–Trinajstić information content (AvgIpc) is 3.38. The smallest absolute Gasteiger partial charge is 0.264 e. The SMILES string of the molecule is CN(c1ccccc1)S(=O)(=O)c1ccc(C(=O)Nc2cccc(OCCn3ccnc3)c2)cc1. The van der Waals surface area contributed by atoms with Crippen LogP contribution >= 0.6 is 0 Å². The van der Waals surface area contributed by atoms with Gasteiger partial charge in [0.1, 0.15) is 12.4 Å². The highest BCUT2D eigenvalue weighted by atomic mass is 32.2. The summed E-state index contributed by atoms with van der Waals surface area (Å²) in [6, 6.07) is 21.7. The molecule has 1 amide bonds. The zero-order valence-electron chi connectivity index (χ0n) is 18.5. The first-order valence-electron chi connectivity index (χ1n) is 10.6. The number of imidazole rings is 1. The number of hydrogen-bond donors (Lipinski definition) is 1. The van der Waals surface area contributed by atoms with Crippen molar-refractivity contribution in [2.75, 3.05) is 23.3 Å². The maximum Gasteiger partial charge on any atom is 0.264 e. The maximum atomic E-state index is 12.9. The number of sulfonamides is 1. The molecular formula is C25H24N4O4S. The average molecular weight is 477 g/mol. The Morgan fingerprint density at radius 1 is 1.03 bits per heavy atom. The number of para-hydroxylation sites is 1. The number of rotatable bonds is 9. The lowest BCUT2D eigenvalue weighted by molar-refractivity contribution is 0.102. The van der Waals surface area contributed by atoms with E-state index < -0.39 is 10.0 Å². The predicted octanol–water partition coefficient (Wildman–Crippen LogP) is 4.04. The molecule has 4 aromatic rings. The normalized spacial score (nSPS) is 11.1. The Kier molecular flexibility index (Phi) is 6.93. The summed E-state index contributed by atoms with van der Waals surface area (Å²) in [5.74, 6) is 0.277. The monoisotopic (exact) mass is 476 g/mol. The molecule has 1 N–H and O–H groups in total. The van der Waals surface area contributed by atoms with Crippen molar-refractivity contribution in [1.82, 2.24) is 9.55 Å². The van der Waals surface area contributed by atoms with Gasteiger partial charge in [-0.1, -0.05) is 24.3 Å². The van der Waals surface area contributed by atoms with Crippen molar-refractivity contribution in [2.45, 2.75) is 11.4 Å². The van der Waals surface area contributed by atoms with Gasteiger partial charge in [0.05, 0.1) is 23.5 Å². The van der Waals surface area contributed by atoms with E-state index in [9.17, 15) is 13.2 Å². The van der Waals surface area contributed by atoms with Crippen LogP contribution in [0.2, 0.25) is 0 Å². The van der Waals surface area contributed by atoms with Crippen LogP contribution in [0.15, 0.2) is 102 Å². The van der Waals surface area contributed by atoms with Crippen LogP contribution in [0.25, 0.3) is 0 Å². The Morgan fingerprint density at radius 3 is 2.50 bits per heavy atom. The second-order valence-corrected chi connectivity index (χ2v) is 9.43. The molecule has 0 unspecified atom stereocenters. The minimum absolute atomic E-state index is 0.101. The third-order valence-electron chi connectivity index (χ3n) is 5.16. The number of carbonyl (C=O) groups excluding carboxylic acids is 1. The summed E-state index contributed by atoms with van der Waals surface area (Å²) >= 11 is 0. The lowest BCUT2D eigenvalue weighted by atomic mass is 10.2. The molecule has 0 saturated carbocycles. The topological polar surface area (TPSA) is 93.5 Å². The van der Waals surface area contributed by atoms with E-state index in [0.717, 1.165) is 0 Å². The van der Waals surface area contributed by atoms with Crippen LogP contribution in [0.5, 0.6) is 5.75 Å². The molecule has 1 aromatic heterocycles. The van der Waals surface area contributed by atoms with E-state index in [4.69, 9.17) is 4.74 Å². The third-order valence-corrected chi connectivity index (χ3v) is 6.96. The summed E-state index contributed by atoms with van der Waals surface area (Å²) in [5.41, 5.74) is 1.47. The molecule has 34 heavy (non-hydrogen) atoms. The Morgan fingerprint density at radius 2 is 1.79 bits per heavy atom. The summed E-state index contributed by atoms with van der Waals surface area (Å²) in [5, 5.41) is 2.82. The van der Waals surface area contributed by atoms with Gasteiger partial charge >= 0.3 is 0 Å². The molecule has 1 heterocycles. The minimum atomic E-state index is -3.74. The Balaban J connectivity index is 1.39. The fourth-order valence-corrected chi connectivity index (χ4v) is 4.46. The van der Waals surface area contributed by atoms with E-state index in [1.54, 1.807) is 55.0 Å². The molecule has 0 aliphatic carbocycles. The number of aromatic nitrogens is 2. The molecule has 3 aromatic carbocycles. The van der Waals surface area contributed by atoms with E-state index in [2.05, 4.69) is 10.3 Å². The molecular weight excluding hydrogens is 452 g/mol. The van der Waals surface area contributed by atoms with Crippen molar-refractivity contribution >= 4 is 27.3 Å². The summed E-state index contributed by atoms with van der Waals surface area (Å²) < 4.78 is 34.7. The maximum absolute atomic E-state index is 12.9. The van der Waals surface area contributed by atoms with Crippen molar-refractivity contribution in [2.24, 2.45) is 0 Å². The third kappa shape index (κ3) is 5.44. The molecule has 0 aliphatic heterocycles. The van der Waals surface area contributed by atoms with Crippen LogP contribution in [0.3, 0.4) is 0 Å². The van der Waals surface area contributed by atoms with E-state index in [0.29, 0.717) is 35.8 Å². The molecule has 0 atom stereocenters. The van der Waals surface area contributed by atoms with Gasteiger partial charge < -0.3 is 14.6 Å². The van der Waals surface area contributed by atoms with Crippen molar-refractivity contribution in [3.63, 3.8) is 0 Å². The van der Waals surface area contributed by atoms with Crippen molar-refractivity contribution in [3.8, 4) is 5.75 Å². The van der Waals surface area contributed by atoms with Crippen LogP contribution in [0, 0.1) is 0 Å². The highest BCUT2D eigenvalue weighted by molar-refractivity contribution is 7.92. The zero-order chi connectivity index (χ0) is 24.0. The number of amides is 1. The summed E-state index contributed by atoms with van der Waals surface area (Å²) in [7, 11) is -2.25. The first-order chi connectivity index (χ1) is 16.4. The van der Waals surface area contributed by atoms with Gasteiger partial charge in [-0.25, -0.2) is 13.4 Å². The van der Waals surface area contributed by atoms with E-state index in [1.165, 1.54) is 35.6 Å². The zero-order valence-corrected chi connectivity index (χ0v) is 19.4. The molecule has 9 heteroatoms. The number of nitrogens with zero attached hydrogens (tertiary/aromatic N) is 3. The van der Waals surface area contributed by atoms with Crippen LogP contribution in [-0.4, -0.2) is 37.5 Å². The summed E-state index contributed by atoms with van der Waals surface area (Å²) in [4.78, 5) is 16.8. The molecule has 8 nitrogen and oxygen atoms in total. The number of ether oxygens (including phenoxy) is 1. The van der Waals surface area contributed by atoms with Gasteiger partial charge in [-0.2, -0.15) is 0 Å². The molecule has 4 rings (SSSR count). The highest BCUT2D eigenvalue weighted by Gasteiger charge is 2.21. The van der Waals surface area contributed by atoms with Crippen LogP contribution in [0.4, 0.5) is 11.4 Å². The molecule has 0 spiro atoms. The number of carbonyl (C=O) groups is 1. The quantitative estimate of drug-likeness (QED) is 0.394. The molecule has 0 bridgehead atoms. The number of benzene rings is 3. The van der Waals surface area contributed by atoms with E-state index >= 15 is 0 Å². The summed E-state index contributed by atoms with van der Waals surface area (Å²) in [6.45, 7) is 1.12. The first-order valence-corrected chi connectivity index (χ1v) is 12.0. The fourth-order valence-electron chi connectivity index (χ4n) is 3.27. The molecule has 0 fully saturated rings. The number of anilines is 2. The Hall–Kier alpha value is -4.11. The molecule has 0 radical (unpaired) electrons. The van der Waals surface area contributed by atoms with Crippen molar-refractivity contribution in [3.05, 3.63) is 103 Å². The second-order valence-electron chi connectivity index (χ2n) is 7.46. The molecule has 0 aliphatic rings. The Bertz CT molecular complexity index is 1340. The van der Waals surface area contributed by atoms with Gasteiger partial charge in [0.25, 0.3) is 15.9 Å². The van der Waals surface area contributed by atoms with E-state index in [1.807, 2.05) is 22.9 Å². The van der Waals surface area contributed by atoms with Crippen LogP contribution in [0.1, 0.15) is 10.4 Å². The van der Waals surface area contributed by atoms with Gasteiger partial charge in [0, 0.05) is 36.8 Å². The van der Waals surface area contributed by atoms with Gasteiger partial charge in [0.15, 0.2) is 0 Å².